The molecule has 1 amide bonds. The molecule has 3 aromatic rings. The Balaban J connectivity index is 0.00000261. The van der Waals surface area contributed by atoms with Gasteiger partial charge in [-0.2, -0.15) is 0 Å². The van der Waals surface area contributed by atoms with Gasteiger partial charge in [0.2, 0.25) is 0 Å². The molecular weight excluding hydrogens is 364 g/mol. The van der Waals surface area contributed by atoms with E-state index < -0.39 is 11.5 Å². The number of nitrogens with one attached hydrogen (secondary N) is 1. The van der Waals surface area contributed by atoms with Crippen LogP contribution in [0.4, 0.5) is 0 Å². The number of rotatable bonds is 5. The van der Waals surface area contributed by atoms with Crippen molar-refractivity contribution in [2.45, 2.75) is 25.8 Å². The topological polar surface area (TPSA) is 85.3 Å². The first kappa shape index (κ1) is 20.7. The van der Waals surface area contributed by atoms with Crippen LogP contribution in [0.15, 0.2) is 63.8 Å². The Morgan fingerprint density at radius 3 is 2.37 bits per heavy atom. The second-order valence-electron chi connectivity index (χ2n) is 6.62. The lowest BCUT2D eigenvalue weighted by Gasteiger charge is -2.14. The summed E-state index contributed by atoms with van der Waals surface area (Å²) in [6.45, 7) is 4.49. The molecule has 0 bridgehead atoms. The van der Waals surface area contributed by atoms with E-state index in [9.17, 15) is 9.59 Å². The van der Waals surface area contributed by atoms with Crippen LogP contribution in [-0.2, 0) is 0 Å². The third-order valence-corrected chi connectivity index (χ3v) is 4.40. The highest BCUT2D eigenvalue weighted by Crippen LogP contribution is 2.17. The lowest BCUT2D eigenvalue weighted by molar-refractivity contribution is 0.0947. The van der Waals surface area contributed by atoms with Crippen LogP contribution in [0.5, 0.6) is 0 Å². The molecule has 0 saturated carbocycles. The van der Waals surface area contributed by atoms with E-state index in [4.69, 9.17) is 10.2 Å². The lowest BCUT2D eigenvalue weighted by atomic mass is 9.99. The average Bonchev–Trinajstić information content (AvgIpc) is 2.65. The monoisotopic (exact) mass is 386 g/mol. The number of hydrogen-bond acceptors (Lipinski definition) is 4. The van der Waals surface area contributed by atoms with Gasteiger partial charge in [0, 0.05) is 18.0 Å². The number of fused-ring (bicyclic) bond motifs is 1. The van der Waals surface area contributed by atoms with Gasteiger partial charge in [0.05, 0.1) is 0 Å². The predicted octanol–water partition coefficient (Wildman–Crippen LogP) is 3.77. The largest absolute Gasteiger partial charge is 0.422 e. The molecule has 1 aromatic heterocycles. The van der Waals surface area contributed by atoms with E-state index in [0.717, 1.165) is 5.56 Å². The highest BCUT2D eigenvalue weighted by molar-refractivity contribution is 5.96. The van der Waals surface area contributed by atoms with Gasteiger partial charge in [-0.05, 0) is 29.2 Å². The number of benzene rings is 2. The van der Waals surface area contributed by atoms with Crippen molar-refractivity contribution < 1.29 is 9.21 Å². The molecule has 0 aliphatic heterocycles. The van der Waals surface area contributed by atoms with E-state index in [1.807, 2.05) is 30.3 Å². The second kappa shape index (κ2) is 8.84. The molecule has 5 nitrogen and oxygen atoms in total. The van der Waals surface area contributed by atoms with Gasteiger partial charge in [-0.1, -0.05) is 56.3 Å². The molecule has 1 unspecified atom stereocenters. The third-order valence-electron chi connectivity index (χ3n) is 4.40. The van der Waals surface area contributed by atoms with Crippen molar-refractivity contribution >= 4 is 29.3 Å². The summed E-state index contributed by atoms with van der Waals surface area (Å²) in [5, 5.41) is 3.42. The van der Waals surface area contributed by atoms with Crippen molar-refractivity contribution in [3.05, 3.63) is 81.7 Å². The summed E-state index contributed by atoms with van der Waals surface area (Å²) in [5.74, 6) is -0.0362. The molecule has 0 saturated heterocycles. The SMILES string of the molecule is CC(C)c1ccc(C(N)CNC(=O)c2cc3ccccc3oc2=O)cc1.Cl. The van der Waals surface area contributed by atoms with Crippen molar-refractivity contribution in [3.63, 3.8) is 0 Å². The van der Waals surface area contributed by atoms with Gasteiger partial charge >= 0.3 is 5.63 Å². The van der Waals surface area contributed by atoms with Gasteiger partial charge in [0.25, 0.3) is 5.91 Å². The van der Waals surface area contributed by atoms with Crippen LogP contribution in [0.3, 0.4) is 0 Å². The minimum Gasteiger partial charge on any atom is -0.422 e. The van der Waals surface area contributed by atoms with Crippen LogP contribution in [0, 0.1) is 0 Å². The molecule has 27 heavy (non-hydrogen) atoms. The molecule has 3 N–H and O–H groups in total. The molecule has 6 heteroatoms. The fraction of sp³-hybridized carbons (Fsp3) is 0.238. The van der Waals surface area contributed by atoms with E-state index in [1.54, 1.807) is 24.3 Å². The molecule has 0 aliphatic carbocycles. The second-order valence-corrected chi connectivity index (χ2v) is 6.62. The van der Waals surface area contributed by atoms with Gasteiger partial charge in [0.15, 0.2) is 0 Å². The highest BCUT2D eigenvalue weighted by atomic mass is 35.5. The first-order valence-corrected chi connectivity index (χ1v) is 8.62. The van der Waals surface area contributed by atoms with Crippen molar-refractivity contribution in [1.29, 1.82) is 0 Å². The minimum absolute atomic E-state index is 0. The Bertz CT molecular complexity index is 981. The van der Waals surface area contributed by atoms with Crippen LogP contribution in [0.2, 0.25) is 0 Å². The summed E-state index contributed by atoms with van der Waals surface area (Å²) >= 11 is 0. The average molecular weight is 387 g/mol. The van der Waals surface area contributed by atoms with Gasteiger partial charge in [-0.15, -0.1) is 12.4 Å². The zero-order chi connectivity index (χ0) is 18.7. The molecule has 1 atom stereocenters. The van der Waals surface area contributed by atoms with E-state index in [-0.39, 0.29) is 30.6 Å². The van der Waals surface area contributed by atoms with Gasteiger partial charge in [-0.25, -0.2) is 4.79 Å². The number of carbonyl (C=O) groups is 1. The van der Waals surface area contributed by atoms with Crippen molar-refractivity contribution in [2.24, 2.45) is 5.73 Å². The summed E-state index contributed by atoms with van der Waals surface area (Å²) in [6.07, 6.45) is 0. The van der Waals surface area contributed by atoms with Crippen molar-refractivity contribution in [2.75, 3.05) is 6.54 Å². The highest BCUT2D eigenvalue weighted by Gasteiger charge is 2.15. The maximum absolute atomic E-state index is 12.4. The van der Waals surface area contributed by atoms with Gasteiger partial charge in [-0.3, -0.25) is 4.79 Å². The summed E-state index contributed by atoms with van der Waals surface area (Å²) in [7, 11) is 0. The number of amides is 1. The normalized spacial score (nSPS) is 11.9. The Kier molecular flexibility index (Phi) is 6.77. The van der Waals surface area contributed by atoms with Crippen LogP contribution >= 0.6 is 12.4 Å². The standard InChI is InChI=1S/C21H22N2O3.ClH/c1-13(2)14-7-9-15(10-8-14)18(22)12-23-20(24)17-11-16-5-3-4-6-19(16)26-21(17)25;/h3-11,13,18H,12,22H2,1-2H3,(H,23,24);1H. The van der Waals surface area contributed by atoms with E-state index in [2.05, 4.69) is 19.2 Å². The maximum atomic E-state index is 12.4. The van der Waals surface area contributed by atoms with E-state index >= 15 is 0 Å². The number of nitrogens with two attached hydrogens (primary N) is 1. The minimum atomic E-state index is -0.656. The molecule has 0 fully saturated rings. The lowest BCUT2D eigenvalue weighted by Crippen LogP contribution is -2.34. The summed E-state index contributed by atoms with van der Waals surface area (Å²) < 4.78 is 5.19. The van der Waals surface area contributed by atoms with Crippen molar-refractivity contribution in [3.8, 4) is 0 Å². The number of halogens is 1. The zero-order valence-electron chi connectivity index (χ0n) is 15.3. The summed E-state index contributed by atoms with van der Waals surface area (Å²) in [4.78, 5) is 24.4. The Labute approximate surface area is 164 Å². The third kappa shape index (κ3) is 4.76. The molecule has 0 aliphatic rings. The molecule has 1 heterocycles. The van der Waals surface area contributed by atoms with Crippen LogP contribution in [0.1, 0.15) is 47.3 Å². The van der Waals surface area contributed by atoms with Gasteiger partial charge < -0.3 is 15.5 Å². The van der Waals surface area contributed by atoms with Crippen LogP contribution < -0.4 is 16.7 Å². The molecule has 0 radical (unpaired) electrons. The molecule has 2 aromatic carbocycles. The number of hydrogen-bond donors (Lipinski definition) is 2. The summed E-state index contributed by atoms with van der Waals surface area (Å²) in [6, 6.07) is 16.3. The Morgan fingerprint density at radius 1 is 1.07 bits per heavy atom. The first-order chi connectivity index (χ1) is 12.5. The fourth-order valence-corrected chi connectivity index (χ4v) is 2.76. The van der Waals surface area contributed by atoms with E-state index in [0.29, 0.717) is 16.9 Å². The summed E-state index contributed by atoms with van der Waals surface area (Å²) in [5.41, 5.74) is 8.10. The molecule has 3 rings (SSSR count). The molecule has 0 spiro atoms. The van der Waals surface area contributed by atoms with Crippen molar-refractivity contribution in [1.82, 2.24) is 5.32 Å². The Hall–Kier alpha value is -2.63. The maximum Gasteiger partial charge on any atom is 0.349 e. The fourth-order valence-electron chi connectivity index (χ4n) is 2.76. The van der Waals surface area contributed by atoms with E-state index in [1.165, 1.54) is 5.56 Å². The van der Waals surface area contributed by atoms with Crippen LogP contribution in [0.25, 0.3) is 11.0 Å². The number of para-hydroxylation sites is 1. The van der Waals surface area contributed by atoms with Crippen LogP contribution in [-0.4, -0.2) is 12.5 Å². The number of carbonyl (C=O) groups excluding carboxylic acids is 1. The smallest absolute Gasteiger partial charge is 0.349 e. The van der Waals surface area contributed by atoms with Gasteiger partial charge in [0.1, 0.15) is 11.1 Å². The Morgan fingerprint density at radius 2 is 1.70 bits per heavy atom. The predicted molar refractivity (Wildman–Crippen MR) is 110 cm³/mol. The molecule has 142 valence electrons. The first-order valence-electron chi connectivity index (χ1n) is 8.62. The zero-order valence-corrected chi connectivity index (χ0v) is 16.1. The molecular formula is C21H23ClN2O3. The quantitative estimate of drug-likeness (QED) is 0.653.